The largest absolute Gasteiger partial charge is 0.497 e. The second kappa shape index (κ2) is 13.9. The first-order valence-corrected chi connectivity index (χ1v) is 15.5. The predicted molar refractivity (Wildman–Crippen MR) is 163 cm³/mol. The van der Waals surface area contributed by atoms with E-state index in [0.717, 1.165) is 12.1 Å². The van der Waals surface area contributed by atoms with Crippen LogP contribution in [0.15, 0.2) is 77.7 Å². The maximum atomic E-state index is 14.1. The van der Waals surface area contributed by atoms with E-state index in [4.69, 9.17) is 16.3 Å². The van der Waals surface area contributed by atoms with Gasteiger partial charge in [-0.2, -0.15) is 13.2 Å². The molecule has 2 amide bonds. The van der Waals surface area contributed by atoms with Gasteiger partial charge in [0.05, 0.1) is 28.3 Å². The fraction of sp³-hybridized carbons (Fsp3) is 0.355. The Kier molecular flexibility index (Phi) is 11.0. The molecule has 0 saturated carbocycles. The number of rotatable bonds is 11. The molecule has 0 saturated heterocycles. The van der Waals surface area contributed by atoms with E-state index in [1.54, 1.807) is 58.0 Å². The van der Waals surface area contributed by atoms with E-state index in [2.05, 4.69) is 5.32 Å². The summed E-state index contributed by atoms with van der Waals surface area (Å²) in [5.41, 5.74) is -1.72. The van der Waals surface area contributed by atoms with Gasteiger partial charge in [-0.15, -0.1) is 0 Å². The van der Waals surface area contributed by atoms with Crippen LogP contribution < -0.4 is 14.4 Å². The smallest absolute Gasteiger partial charge is 0.416 e. The Hall–Kier alpha value is -3.77. The Labute approximate surface area is 260 Å². The molecule has 1 N–H and O–H groups in total. The first kappa shape index (κ1) is 34.7. The van der Waals surface area contributed by atoms with Crippen LogP contribution >= 0.6 is 11.6 Å². The van der Waals surface area contributed by atoms with Gasteiger partial charge in [-0.3, -0.25) is 13.9 Å². The van der Waals surface area contributed by atoms with Crippen LogP contribution in [0.2, 0.25) is 5.02 Å². The summed E-state index contributed by atoms with van der Waals surface area (Å²) in [6.07, 6.45) is -4.65. The summed E-state index contributed by atoms with van der Waals surface area (Å²) in [6, 6.07) is 14.9. The highest BCUT2D eigenvalue weighted by molar-refractivity contribution is 7.92. The van der Waals surface area contributed by atoms with Gasteiger partial charge < -0.3 is 15.0 Å². The van der Waals surface area contributed by atoms with Crippen LogP contribution in [0.3, 0.4) is 0 Å². The van der Waals surface area contributed by atoms with Gasteiger partial charge in [0.15, 0.2) is 0 Å². The molecular weight excluding hydrogens is 619 g/mol. The second-order valence-electron chi connectivity index (χ2n) is 11.0. The highest BCUT2D eigenvalue weighted by Gasteiger charge is 2.37. The van der Waals surface area contributed by atoms with Crippen LogP contribution in [0.25, 0.3) is 0 Å². The zero-order chi connectivity index (χ0) is 32.9. The number of ether oxygens (including phenoxy) is 1. The van der Waals surface area contributed by atoms with Gasteiger partial charge in [0.25, 0.3) is 10.0 Å². The number of halogens is 4. The Morgan fingerprint density at radius 1 is 0.977 bits per heavy atom. The summed E-state index contributed by atoms with van der Waals surface area (Å²) in [4.78, 5) is 28.5. The lowest BCUT2D eigenvalue weighted by atomic mass is 10.1. The van der Waals surface area contributed by atoms with Crippen LogP contribution in [-0.2, 0) is 32.3 Å². The number of nitrogens with one attached hydrogen (secondary N) is 1. The number of nitrogens with zero attached hydrogens (tertiary/aromatic N) is 2. The third kappa shape index (κ3) is 8.66. The lowest BCUT2D eigenvalue weighted by Gasteiger charge is -2.35. The van der Waals surface area contributed by atoms with Crippen molar-refractivity contribution in [2.75, 3.05) is 18.0 Å². The average molecular weight is 654 g/mol. The highest BCUT2D eigenvalue weighted by atomic mass is 35.5. The maximum absolute atomic E-state index is 14.1. The summed E-state index contributed by atoms with van der Waals surface area (Å²) in [7, 11) is -3.12. The van der Waals surface area contributed by atoms with Gasteiger partial charge in [0.2, 0.25) is 11.8 Å². The summed E-state index contributed by atoms with van der Waals surface area (Å²) in [5, 5.41) is 2.54. The van der Waals surface area contributed by atoms with Crippen LogP contribution in [-0.4, -0.2) is 50.4 Å². The molecule has 1 atom stereocenters. The predicted octanol–water partition coefficient (Wildman–Crippen LogP) is 6.28. The average Bonchev–Trinajstić information content (AvgIpc) is 2.95. The molecule has 0 heterocycles. The first-order valence-electron chi connectivity index (χ1n) is 13.7. The number of anilines is 1. The number of alkyl halides is 3. The van der Waals surface area contributed by atoms with Crippen LogP contribution in [0.5, 0.6) is 5.75 Å². The Bertz CT molecular complexity index is 1560. The van der Waals surface area contributed by atoms with E-state index < -0.39 is 57.4 Å². The number of amides is 2. The van der Waals surface area contributed by atoms with E-state index in [9.17, 15) is 31.2 Å². The number of benzene rings is 3. The molecule has 0 fully saturated rings. The van der Waals surface area contributed by atoms with E-state index in [1.807, 2.05) is 0 Å². The zero-order valence-electron chi connectivity index (χ0n) is 25.0. The van der Waals surface area contributed by atoms with Gasteiger partial charge in [0, 0.05) is 12.1 Å². The molecule has 44 heavy (non-hydrogen) atoms. The number of carbonyl (C=O) groups excluding carboxylic acids is 2. The van der Waals surface area contributed by atoms with E-state index in [-0.39, 0.29) is 22.9 Å². The maximum Gasteiger partial charge on any atom is 0.416 e. The van der Waals surface area contributed by atoms with Crippen molar-refractivity contribution in [3.8, 4) is 5.75 Å². The Morgan fingerprint density at radius 2 is 1.59 bits per heavy atom. The molecule has 0 aliphatic rings. The van der Waals surface area contributed by atoms with Crippen LogP contribution in [0, 0.1) is 0 Å². The monoisotopic (exact) mass is 653 g/mol. The number of sulfonamides is 1. The van der Waals surface area contributed by atoms with Gasteiger partial charge in [-0.05, 0) is 75.2 Å². The second-order valence-corrected chi connectivity index (χ2v) is 13.3. The normalized spacial score (nSPS) is 12.8. The van der Waals surface area contributed by atoms with Gasteiger partial charge in [-0.25, -0.2) is 8.42 Å². The third-order valence-corrected chi connectivity index (χ3v) is 8.64. The quantitative estimate of drug-likeness (QED) is 0.263. The molecule has 8 nitrogen and oxygen atoms in total. The summed E-state index contributed by atoms with van der Waals surface area (Å²) in [5.74, 6) is -0.746. The molecule has 0 aliphatic carbocycles. The third-order valence-electron chi connectivity index (χ3n) is 6.55. The van der Waals surface area contributed by atoms with Crippen LogP contribution in [0.1, 0.15) is 45.2 Å². The van der Waals surface area contributed by atoms with E-state index in [1.165, 1.54) is 36.3 Å². The fourth-order valence-corrected chi connectivity index (χ4v) is 6.13. The number of carbonyl (C=O) groups is 2. The molecule has 238 valence electrons. The lowest BCUT2D eigenvalue weighted by Crippen LogP contribution is -2.55. The van der Waals surface area contributed by atoms with Crippen molar-refractivity contribution in [1.82, 2.24) is 10.2 Å². The molecule has 0 aromatic heterocycles. The van der Waals surface area contributed by atoms with Crippen molar-refractivity contribution >= 4 is 39.1 Å². The molecule has 0 bridgehead atoms. The first-order chi connectivity index (χ1) is 20.5. The molecular formula is C31H35ClF3N3O5S. The molecule has 0 spiro atoms. The van der Waals surface area contributed by atoms with Crippen molar-refractivity contribution in [3.05, 3.63) is 88.9 Å². The fourth-order valence-electron chi connectivity index (χ4n) is 4.41. The molecule has 3 aromatic carbocycles. The number of methoxy groups -OCH3 is 1. The van der Waals surface area contributed by atoms with Crippen LogP contribution in [0.4, 0.5) is 18.9 Å². The van der Waals surface area contributed by atoms with Crippen molar-refractivity contribution in [3.63, 3.8) is 0 Å². The minimum Gasteiger partial charge on any atom is -0.497 e. The summed E-state index contributed by atoms with van der Waals surface area (Å²) >= 11 is 6.29. The number of hydrogen-bond acceptors (Lipinski definition) is 5. The van der Waals surface area contributed by atoms with Crippen molar-refractivity contribution in [2.45, 2.75) is 63.3 Å². The summed E-state index contributed by atoms with van der Waals surface area (Å²) < 4.78 is 74.7. The van der Waals surface area contributed by atoms with Gasteiger partial charge in [-0.1, -0.05) is 48.9 Å². The van der Waals surface area contributed by atoms with Gasteiger partial charge in [0.1, 0.15) is 18.3 Å². The Morgan fingerprint density at radius 3 is 2.11 bits per heavy atom. The van der Waals surface area contributed by atoms with E-state index in [0.29, 0.717) is 21.7 Å². The molecule has 3 rings (SSSR count). The molecule has 13 heteroatoms. The molecule has 0 aliphatic heterocycles. The van der Waals surface area contributed by atoms with Gasteiger partial charge >= 0.3 is 6.18 Å². The van der Waals surface area contributed by atoms with Crippen molar-refractivity contribution < 1.29 is 35.9 Å². The standard InChI is InChI=1S/C31H35ClF3N3O5S/c1-6-26(29(40)36-30(2,3)4)37(19-21-12-15-23(43-5)16-13-21)28(39)20-38(44(41,42)24-10-8-7-9-11-24)27-18-22(31(33,34)35)14-17-25(27)32/h7-18,26H,6,19-20H2,1-5H3,(H,36,40). The molecule has 1 unspecified atom stereocenters. The van der Waals surface area contributed by atoms with Crippen molar-refractivity contribution in [2.24, 2.45) is 0 Å². The zero-order valence-corrected chi connectivity index (χ0v) is 26.6. The SMILES string of the molecule is CCC(C(=O)NC(C)(C)C)N(Cc1ccc(OC)cc1)C(=O)CN(c1cc(C(F)(F)F)ccc1Cl)S(=O)(=O)c1ccccc1. The molecule has 0 radical (unpaired) electrons. The van der Waals surface area contributed by atoms with E-state index >= 15 is 0 Å². The number of hydrogen-bond donors (Lipinski definition) is 1. The highest BCUT2D eigenvalue weighted by Crippen LogP contribution is 2.37. The summed E-state index contributed by atoms with van der Waals surface area (Å²) in [6.45, 7) is 5.98. The minimum absolute atomic E-state index is 0.103. The minimum atomic E-state index is -4.82. The Balaban J connectivity index is 2.16. The lowest BCUT2D eigenvalue weighted by molar-refractivity contribution is -0.141. The molecule has 3 aromatic rings. The topological polar surface area (TPSA) is 96.0 Å². The van der Waals surface area contributed by atoms with Crippen molar-refractivity contribution in [1.29, 1.82) is 0 Å².